The Morgan fingerprint density at radius 3 is 2.87 bits per heavy atom. The van der Waals surface area contributed by atoms with Gasteiger partial charge in [0.05, 0.1) is 22.6 Å². The number of imidazole rings is 1. The van der Waals surface area contributed by atoms with E-state index in [0.717, 1.165) is 10.6 Å². The summed E-state index contributed by atoms with van der Waals surface area (Å²) in [6.07, 6.45) is 0.955. The van der Waals surface area contributed by atoms with Crippen LogP contribution in [-0.2, 0) is 17.5 Å². The number of carbonyl (C=O) groups is 1. The van der Waals surface area contributed by atoms with Crippen molar-refractivity contribution in [2.24, 2.45) is 0 Å². The number of likely N-dealkylation sites (tertiary alicyclic amines) is 1. The molecule has 0 aromatic carbocycles. The molecule has 0 saturated carbocycles. The molecule has 4 aromatic heterocycles. The topological polar surface area (TPSA) is 68.3 Å². The van der Waals surface area contributed by atoms with Gasteiger partial charge in [-0.3, -0.25) is 4.79 Å². The molecule has 1 aliphatic rings. The number of alkyl halides is 3. The smallest absolute Gasteiger partial charge is 0.340 e. The first-order valence-electron chi connectivity index (χ1n) is 9.64. The molecule has 5 rings (SSSR count). The summed E-state index contributed by atoms with van der Waals surface area (Å²) < 4.78 is 43.7. The minimum absolute atomic E-state index is 0.0571. The van der Waals surface area contributed by atoms with Gasteiger partial charge in [0.2, 0.25) is 5.91 Å². The number of halogens is 3. The third kappa shape index (κ3) is 3.80. The maximum absolute atomic E-state index is 13.7. The lowest BCUT2D eigenvalue weighted by molar-refractivity contribution is -0.142. The first-order valence-corrected chi connectivity index (χ1v) is 10.5. The van der Waals surface area contributed by atoms with E-state index in [4.69, 9.17) is 0 Å². The lowest BCUT2D eigenvalue weighted by Crippen LogP contribution is -2.31. The summed E-state index contributed by atoms with van der Waals surface area (Å²) in [5.41, 5.74) is 0.0682. The van der Waals surface area contributed by atoms with E-state index < -0.39 is 11.9 Å². The van der Waals surface area contributed by atoms with Crippen molar-refractivity contribution in [2.45, 2.75) is 25.1 Å². The zero-order valence-corrected chi connectivity index (χ0v) is 17.0. The Hall–Kier alpha value is -3.21. The number of carbonyl (C=O) groups excluding carboxylic acids is 1. The molecule has 11 heteroatoms. The zero-order valence-electron chi connectivity index (χ0n) is 16.2. The fraction of sp³-hybridized carbons (Fsp3) is 0.300. The third-order valence-electron chi connectivity index (χ3n) is 5.35. The molecule has 0 bridgehead atoms. The lowest BCUT2D eigenvalue weighted by Gasteiger charge is -2.16. The van der Waals surface area contributed by atoms with Crippen LogP contribution in [0.1, 0.15) is 23.7 Å². The summed E-state index contributed by atoms with van der Waals surface area (Å²) in [5.74, 6) is -0.196. The fourth-order valence-corrected chi connectivity index (χ4v) is 4.50. The minimum atomic E-state index is -4.57. The second-order valence-corrected chi connectivity index (χ2v) is 8.35. The Labute approximate surface area is 178 Å². The Bertz CT molecular complexity index is 1220. The second-order valence-electron chi connectivity index (χ2n) is 7.40. The summed E-state index contributed by atoms with van der Waals surface area (Å²) in [7, 11) is 0. The van der Waals surface area contributed by atoms with Gasteiger partial charge in [0.25, 0.3) is 0 Å². The molecule has 7 nitrogen and oxygen atoms in total. The average molecular weight is 446 g/mol. The maximum Gasteiger partial charge on any atom is 0.433 e. The van der Waals surface area contributed by atoms with E-state index >= 15 is 0 Å². The summed E-state index contributed by atoms with van der Waals surface area (Å²) in [6.45, 7) is 1.13. The van der Waals surface area contributed by atoms with Crippen molar-refractivity contribution in [1.82, 2.24) is 29.0 Å². The van der Waals surface area contributed by atoms with E-state index in [-0.39, 0.29) is 29.7 Å². The molecule has 0 spiro atoms. The van der Waals surface area contributed by atoms with Gasteiger partial charge < -0.3 is 9.47 Å². The number of rotatable bonds is 4. The number of thiophene rings is 1. The zero-order chi connectivity index (χ0) is 21.6. The van der Waals surface area contributed by atoms with Gasteiger partial charge in [-0.1, -0.05) is 6.07 Å². The van der Waals surface area contributed by atoms with Gasteiger partial charge in [-0.25, -0.2) is 14.5 Å². The highest BCUT2D eigenvalue weighted by Crippen LogP contribution is 2.35. The van der Waals surface area contributed by atoms with Crippen LogP contribution in [-0.4, -0.2) is 48.0 Å². The molecular weight excluding hydrogens is 429 g/mol. The van der Waals surface area contributed by atoms with Gasteiger partial charge in [0.1, 0.15) is 6.54 Å². The number of hydrogen-bond acceptors (Lipinski definition) is 5. The third-order valence-corrected chi connectivity index (χ3v) is 6.24. The SMILES string of the molecule is O=C(Cn1ccnc1)N1CC[C@H](c2cc3nc(-c4cccs4)cc(C(F)(F)F)n3n2)C1. The Morgan fingerprint density at radius 1 is 1.29 bits per heavy atom. The summed E-state index contributed by atoms with van der Waals surface area (Å²) >= 11 is 1.33. The average Bonchev–Trinajstić information content (AvgIpc) is 3.53. The van der Waals surface area contributed by atoms with Crippen molar-refractivity contribution in [2.75, 3.05) is 13.1 Å². The van der Waals surface area contributed by atoms with Crippen LogP contribution >= 0.6 is 11.3 Å². The van der Waals surface area contributed by atoms with Crippen LogP contribution in [0.25, 0.3) is 16.2 Å². The molecule has 1 fully saturated rings. The van der Waals surface area contributed by atoms with Gasteiger partial charge in [0.15, 0.2) is 11.3 Å². The van der Waals surface area contributed by atoms with Crippen LogP contribution in [0.5, 0.6) is 0 Å². The molecule has 0 radical (unpaired) electrons. The Morgan fingerprint density at radius 2 is 2.16 bits per heavy atom. The number of aromatic nitrogens is 5. The van der Waals surface area contributed by atoms with Gasteiger partial charge in [-0.05, 0) is 23.9 Å². The van der Waals surface area contributed by atoms with Crippen molar-refractivity contribution in [3.8, 4) is 10.6 Å². The molecule has 31 heavy (non-hydrogen) atoms. The van der Waals surface area contributed by atoms with Crippen LogP contribution < -0.4 is 0 Å². The van der Waals surface area contributed by atoms with Crippen LogP contribution in [0.3, 0.4) is 0 Å². The molecule has 1 atom stereocenters. The summed E-state index contributed by atoms with van der Waals surface area (Å²) in [4.78, 5) is 23.2. The highest BCUT2D eigenvalue weighted by Gasteiger charge is 2.36. The first kappa shape index (κ1) is 19.7. The molecule has 160 valence electrons. The standard InChI is InChI=1S/C20H17F3N6OS/c21-20(22,23)17-8-15(16-2-1-7-31-16)25-18-9-14(26-29(17)18)13-3-5-28(10-13)19(30)11-27-6-4-24-12-27/h1-2,4,6-9,12-13H,3,5,10-11H2/t13-/m0/s1. The first-order chi connectivity index (χ1) is 14.9. The van der Waals surface area contributed by atoms with E-state index in [1.807, 2.05) is 0 Å². The van der Waals surface area contributed by atoms with Crippen LogP contribution in [0.4, 0.5) is 13.2 Å². The number of nitrogens with zero attached hydrogens (tertiary/aromatic N) is 6. The Kier molecular flexibility index (Phi) is 4.77. The van der Waals surface area contributed by atoms with E-state index in [1.54, 1.807) is 51.8 Å². The molecule has 5 heterocycles. The molecule has 4 aromatic rings. The second kappa shape index (κ2) is 7.49. The van der Waals surface area contributed by atoms with Crippen molar-refractivity contribution in [3.05, 3.63) is 59.8 Å². The van der Waals surface area contributed by atoms with Crippen molar-refractivity contribution >= 4 is 22.9 Å². The van der Waals surface area contributed by atoms with Gasteiger partial charge in [-0.15, -0.1) is 11.3 Å². The molecule has 1 saturated heterocycles. The minimum Gasteiger partial charge on any atom is -0.340 e. The quantitative estimate of drug-likeness (QED) is 0.480. The summed E-state index contributed by atoms with van der Waals surface area (Å²) in [5, 5.41) is 6.03. The van der Waals surface area contributed by atoms with Crippen molar-refractivity contribution in [3.63, 3.8) is 0 Å². The maximum atomic E-state index is 13.7. The van der Waals surface area contributed by atoms with E-state index in [1.165, 1.54) is 11.3 Å². The number of hydrogen-bond donors (Lipinski definition) is 0. The van der Waals surface area contributed by atoms with Crippen molar-refractivity contribution in [1.29, 1.82) is 0 Å². The van der Waals surface area contributed by atoms with Crippen molar-refractivity contribution < 1.29 is 18.0 Å². The predicted molar refractivity (Wildman–Crippen MR) is 107 cm³/mol. The van der Waals surface area contributed by atoms with E-state index in [9.17, 15) is 18.0 Å². The Balaban J connectivity index is 1.44. The molecule has 0 aliphatic carbocycles. The monoisotopic (exact) mass is 446 g/mol. The molecule has 1 amide bonds. The van der Waals surface area contributed by atoms with Crippen LogP contribution in [0.2, 0.25) is 0 Å². The van der Waals surface area contributed by atoms with Crippen LogP contribution in [0.15, 0.2) is 48.4 Å². The fourth-order valence-electron chi connectivity index (χ4n) is 3.81. The highest BCUT2D eigenvalue weighted by molar-refractivity contribution is 7.13. The normalized spacial score (nSPS) is 17.0. The van der Waals surface area contributed by atoms with Gasteiger partial charge >= 0.3 is 6.18 Å². The molecular formula is C20H17F3N6OS. The van der Waals surface area contributed by atoms with E-state index in [2.05, 4.69) is 15.1 Å². The predicted octanol–water partition coefficient (Wildman–Crippen LogP) is 3.69. The number of amides is 1. The highest BCUT2D eigenvalue weighted by atomic mass is 32.1. The van der Waals surface area contributed by atoms with Gasteiger partial charge in [-0.2, -0.15) is 18.3 Å². The molecule has 0 unspecified atom stereocenters. The van der Waals surface area contributed by atoms with Crippen LogP contribution in [0, 0.1) is 0 Å². The number of fused-ring (bicyclic) bond motifs is 1. The lowest BCUT2D eigenvalue weighted by atomic mass is 10.1. The largest absolute Gasteiger partial charge is 0.433 e. The van der Waals surface area contributed by atoms with Gasteiger partial charge in [0, 0.05) is 37.5 Å². The van der Waals surface area contributed by atoms with E-state index in [0.29, 0.717) is 30.1 Å². The summed E-state index contributed by atoms with van der Waals surface area (Å²) in [6, 6.07) is 6.14. The molecule has 1 aliphatic heterocycles. The molecule has 0 N–H and O–H groups in total.